The summed E-state index contributed by atoms with van der Waals surface area (Å²) in [6.45, 7) is 0. The first-order chi connectivity index (χ1) is 5.86. The molecule has 0 spiro atoms. The Morgan fingerprint density at radius 1 is 1.42 bits per heavy atom. The maximum Gasteiger partial charge on any atom is 0.136 e. The number of Topliss-reactive ketones (excluding diaryl/α,β-unsaturated/α-hetero) is 1. The lowest BCUT2D eigenvalue weighted by atomic mass is 9.85. The topological polar surface area (TPSA) is 17.1 Å². The van der Waals surface area contributed by atoms with Crippen molar-refractivity contribution in [3.63, 3.8) is 0 Å². The van der Waals surface area contributed by atoms with E-state index in [0.29, 0.717) is 17.6 Å². The summed E-state index contributed by atoms with van der Waals surface area (Å²) < 4.78 is 0. The van der Waals surface area contributed by atoms with Crippen LogP contribution in [0.25, 0.3) is 0 Å². The Hall–Kier alpha value is -0.590. The second kappa shape index (κ2) is 2.21. The Balaban J connectivity index is 1.97. The third kappa shape index (κ3) is 0.720. The lowest BCUT2D eigenvalue weighted by Crippen LogP contribution is -2.20. The number of carbonyl (C=O) groups excluding carboxylic acids is 1. The fourth-order valence-corrected chi connectivity index (χ4v) is 3.48. The zero-order valence-corrected chi connectivity index (χ0v) is 7.20. The summed E-state index contributed by atoms with van der Waals surface area (Å²) in [4.78, 5) is 11.6. The number of allylic oxidation sites excluding steroid dienone is 2. The summed E-state index contributed by atoms with van der Waals surface area (Å²) in [5.74, 6) is 3.34. The summed E-state index contributed by atoms with van der Waals surface area (Å²) in [5, 5.41) is 0. The lowest BCUT2D eigenvalue weighted by Gasteiger charge is -2.19. The number of hydrogen-bond acceptors (Lipinski definition) is 1. The second-order valence-electron chi connectivity index (χ2n) is 4.51. The van der Waals surface area contributed by atoms with Gasteiger partial charge in [0.05, 0.1) is 0 Å². The van der Waals surface area contributed by atoms with E-state index in [-0.39, 0.29) is 0 Å². The molecule has 0 aliphatic heterocycles. The van der Waals surface area contributed by atoms with Crippen LogP contribution in [0.1, 0.15) is 25.7 Å². The molecule has 0 radical (unpaired) electrons. The molecule has 3 rings (SSSR count). The highest BCUT2D eigenvalue weighted by Crippen LogP contribution is 2.52. The van der Waals surface area contributed by atoms with Gasteiger partial charge in [0, 0.05) is 12.3 Å². The van der Waals surface area contributed by atoms with Crippen molar-refractivity contribution in [1.29, 1.82) is 0 Å². The van der Waals surface area contributed by atoms with Crippen molar-refractivity contribution < 1.29 is 4.79 Å². The van der Waals surface area contributed by atoms with Crippen molar-refractivity contribution in [1.82, 2.24) is 0 Å². The van der Waals surface area contributed by atoms with E-state index in [2.05, 4.69) is 12.2 Å². The highest BCUT2D eigenvalue weighted by Gasteiger charge is 2.48. The van der Waals surface area contributed by atoms with Gasteiger partial charge in [-0.2, -0.15) is 0 Å². The van der Waals surface area contributed by atoms with Gasteiger partial charge >= 0.3 is 0 Å². The van der Waals surface area contributed by atoms with Gasteiger partial charge in [0.25, 0.3) is 0 Å². The molecule has 2 bridgehead atoms. The van der Waals surface area contributed by atoms with Crippen LogP contribution in [0.3, 0.4) is 0 Å². The minimum absolute atomic E-state index is 0.424. The molecule has 2 saturated carbocycles. The van der Waals surface area contributed by atoms with E-state index in [1.807, 2.05) is 0 Å². The Labute approximate surface area is 72.8 Å². The van der Waals surface area contributed by atoms with Gasteiger partial charge in [-0.25, -0.2) is 0 Å². The van der Waals surface area contributed by atoms with Crippen molar-refractivity contribution in [3.05, 3.63) is 12.2 Å². The molecule has 4 atom stereocenters. The average molecular weight is 162 g/mol. The van der Waals surface area contributed by atoms with Crippen LogP contribution in [0.5, 0.6) is 0 Å². The molecule has 0 aromatic heterocycles. The quantitative estimate of drug-likeness (QED) is 0.499. The van der Waals surface area contributed by atoms with E-state index in [4.69, 9.17) is 0 Å². The maximum atomic E-state index is 11.6. The molecule has 0 heterocycles. The maximum absolute atomic E-state index is 11.6. The minimum Gasteiger partial charge on any atom is -0.299 e. The van der Waals surface area contributed by atoms with Gasteiger partial charge in [0.1, 0.15) is 5.78 Å². The third-order valence-electron chi connectivity index (χ3n) is 4.06. The van der Waals surface area contributed by atoms with Gasteiger partial charge in [-0.3, -0.25) is 4.79 Å². The molecule has 0 aromatic rings. The molecule has 0 unspecified atom stereocenters. The summed E-state index contributed by atoms with van der Waals surface area (Å²) in [6, 6.07) is 0. The first-order valence-electron chi connectivity index (χ1n) is 5.05. The van der Waals surface area contributed by atoms with Crippen LogP contribution < -0.4 is 0 Å². The molecule has 0 saturated heterocycles. The van der Waals surface area contributed by atoms with Gasteiger partial charge < -0.3 is 0 Å². The van der Waals surface area contributed by atoms with Crippen LogP contribution in [0, 0.1) is 23.7 Å². The molecular weight excluding hydrogens is 148 g/mol. The number of rotatable bonds is 0. The smallest absolute Gasteiger partial charge is 0.136 e. The fraction of sp³-hybridized carbons (Fsp3) is 0.727. The summed E-state index contributed by atoms with van der Waals surface area (Å²) in [7, 11) is 0. The number of hydrogen-bond donors (Lipinski definition) is 0. The van der Waals surface area contributed by atoms with Gasteiger partial charge in [-0.05, 0) is 37.0 Å². The second-order valence-corrected chi connectivity index (χ2v) is 4.51. The predicted octanol–water partition coefficient (Wildman–Crippen LogP) is 2.18. The zero-order valence-electron chi connectivity index (χ0n) is 7.20. The van der Waals surface area contributed by atoms with Crippen molar-refractivity contribution >= 4 is 5.78 Å². The van der Waals surface area contributed by atoms with Gasteiger partial charge in [0.2, 0.25) is 0 Å². The highest BCUT2D eigenvalue weighted by molar-refractivity contribution is 5.83. The average Bonchev–Trinajstić information content (AvgIpc) is 2.59. The zero-order chi connectivity index (χ0) is 8.13. The molecule has 0 amide bonds. The Kier molecular flexibility index (Phi) is 1.27. The van der Waals surface area contributed by atoms with Crippen LogP contribution in [-0.2, 0) is 4.79 Å². The molecule has 12 heavy (non-hydrogen) atoms. The van der Waals surface area contributed by atoms with Gasteiger partial charge in [-0.1, -0.05) is 12.2 Å². The SMILES string of the molecule is O=C1CC[C@H]2C[C@@H]1[C@@H]1C=CC[C@H]21. The Bertz CT molecular complexity index is 254. The van der Waals surface area contributed by atoms with Crippen LogP contribution in [0.2, 0.25) is 0 Å². The monoisotopic (exact) mass is 162 g/mol. The van der Waals surface area contributed by atoms with E-state index in [1.54, 1.807) is 0 Å². The lowest BCUT2D eigenvalue weighted by molar-refractivity contribution is -0.124. The van der Waals surface area contributed by atoms with E-state index in [0.717, 1.165) is 18.3 Å². The van der Waals surface area contributed by atoms with Crippen molar-refractivity contribution in [3.8, 4) is 0 Å². The van der Waals surface area contributed by atoms with Gasteiger partial charge in [-0.15, -0.1) is 0 Å². The summed E-state index contributed by atoms with van der Waals surface area (Å²) in [6.07, 6.45) is 9.09. The Morgan fingerprint density at radius 2 is 2.33 bits per heavy atom. The number of ketones is 1. The Morgan fingerprint density at radius 3 is 3.25 bits per heavy atom. The molecule has 3 aliphatic rings. The predicted molar refractivity (Wildman–Crippen MR) is 46.6 cm³/mol. The summed E-state index contributed by atoms with van der Waals surface area (Å²) >= 11 is 0. The van der Waals surface area contributed by atoms with Crippen LogP contribution in [0.4, 0.5) is 0 Å². The van der Waals surface area contributed by atoms with E-state index in [1.165, 1.54) is 19.3 Å². The molecule has 0 aromatic carbocycles. The highest BCUT2D eigenvalue weighted by atomic mass is 16.1. The third-order valence-corrected chi connectivity index (χ3v) is 4.06. The minimum atomic E-state index is 0.424. The normalized spacial score (nSPS) is 49.8. The molecule has 2 fully saturated rings. The van der Waals surface area contributed by atoms with E-state index in [9.17, 15) is 4.79 Å². The van der Waals surface area contributed by atoms with Crippen LogP contribution >= 0.6 is 0 Å². The molecule has 3 aliphatic carbocycles. The fourth-order valence-electron chi connectivity index (χ4n) is 3.48. The van der Waals surface area contributed by atoms with Gasteiger partial charge in [0.15, 0.2) is 0 Å². The molecule has 0 N–H and O–H groups in total. The van der Waals surface area contributed by atoms with E-state index >= 15 is 0 Å². The van der Waals surface area contributed by atoms with Crippen molar-refractivity contribution in [2.24, 2.45) is 23.7 Å². The van der Waals surface area contributed by atoms with Crippen molar-refractivity contribution in [2.45, 2.75) is 25.7 Å². The molecule has 1 nitrogen and oxygen atoms in total. The van der Waals surface area contributed by atoms with Crippen LogP contribution in [0.15, 0.2) is 12.2 Å². The largest absolute Gasteiger partial charge is 0.299 e. The number of carbonyl (C=O) groups is 1. The van der Waals surface area contributed by atoms with E-state index < -0.39 is 0 Å². The first kappa shape index (κ1) is 6.88. The number of fused-ring (bicyclic) bond motifs is 5. The van der Waals surface area contributed by atoms with Crippen molar-refractivity contribution in [2.75, 3.05) is 0 Å². The molecular formula is C11H14O. The summed E-state index contributed by atoms with van der Waals surface area (Å²) in [5.41, 5.74) is 0. The standard InChI is InChI=1S/C11H14O/c12-11-5-4-7-6-10(11)9-3-1-2-8(7)9/h1,3,7-10H,2,4-6H2/t7-,8+,9+,10+/m0/s1. The molecule has 64 valence electrons. The van der Waals surface area contributed by atoms with Crippen LogP contribution in [-0.4, -0.2) is 5.78 Å². The molecule has 1 heteroatoms. The first-order valence-corrected chi connectivity index (χ1v) is 5.05.